The Morgan fingerprint density at radius 1 is 1.11 bits per heavy atom. The monoisotopic (exact) mass is 352 g/mol. The first-order valence-corrected chi connectivity index (χ1v) is 8.13. The summed E-state index contributed by atoms with van der Waals surface area (Å²) in [7, 11) is 0. The Morgan fingerprint density at radius 3 is 2.33 bits per heavy atom. The number of hydrogen-bond acceptors (Lipinski definition) is 0. The number of halogens is 1. The average molecular weight is 352 g/mol. The van der Waals surface area contributed by atoms with Gasteiger partial charge in [0.05, 0.1) is 0 Å². The molecule has 0 heterocycles. The van der Waals surface area contributed by atoms with Gasteiger partial charge in [-0.1, -0.05) is 37.8 Å². The van der Waals surface area contributed by atoms with Gasteiger partial charge in [0.1, 0.15) is 0 Å². The van der Waals surface area contributed by atoms with E-state index >= 15 is 0 Å². The van der Waals surface area contributed by atoms with Crippen LogP contribution >= 0.6 is 22.6 Å². The molecule has 1 heteroatoms. The van der Waals surface area contributed by atoms with Crippen LogP contribution in [0.4, 0.5) is 0 Å². The van der Waals surface area contributed by atoms with E-state index in [9.17, 15) is 0 Å². The van der Waals surface area contributed by atoms with Gasteiger partial charge in [0, 0.05) is 28.2 Å². The fourth-order valence-corrected chi connectivity index (χ4v) is 3.40. The molecule has 0 aromatic heterocycles. The zero-order valence-corrected chi connectivity index (χ0v) is 13.2. The molecule has 2 rings (SSSR count). The maximum Gasteiger partial charge on any atom is 0.0253 e. The highest BCUT2D eigenvalue weighted by atomic mass is 127. The average Bonchev–Trinajstić information content (AvgIpc) is 2.41. The molecule has 1 aliphatic carbocycles. The lowest BCUT2D eigenvalue weighted by atomic mass is 9.77. The SMILES string of the molecule is CCC[C@H]1CC[C@H](c2ccc(C#CI)cc2)CC1. The van der Waals surface area contributed by atoms with Crippen molar-refractivity contribution in [2.75, 3.05) is 0 Å². The van der Waals surface area contributed by atoms with Gasteiger partial charge in [0.25, 0.3) is 0 Å². The van der Waals surface area contributed by atoms with Crippen LogP contribution in [-0.4, -0.2) is 0 Å². The van der Waals surface area contributed by atoms with E-state index in [1.165, 1.54) is 44.1 Å². The molecule has 0 aliphatic heterocycles. The first kappa shape index (κ1) is 13.9. The third-order valence-corrected chi connectivity index (χ3v) is 4.39. The normalized spacial score (nSPS) is 23.2. The van der Waals surface area contributed by atoms with Crippen molar-refractivity contribution < 1.29 is 0 Å². The van der Waals surface area contributed by atoms with E-state index in [0.717, 1.165) is 17.4 Å². The predicted octanol–water partition coefficient (Wildman–Crippen LogP) is 5.50. The van der Waals surface area contributed by atoms with Gasteiger partial charge in [0.15, 0.2) is 0 Å². The van der Waals surface area contributed by atoms with E-state index in [-0.39, 0.29) is 0 Å². The molecule has 0 bridgehead atoms. The smallest absolute Gasteiger partial charge is 0.0253 e. The Kier molecular flexibility index (Phi) is 5.56. The highest BCUT2D eigenvalue weighted by Crippen LogP contribution is 2.37. The highest BCUT2D eigenvalue weighted by Gasteiger charge is 2.21. The van der Waals surface area contributed by atoms with Gasteiger partial charge in [-0.15, -0.1) is 0 Å². The van der Waals surface area contributed by atoms with Crippen molar-refractivity contribution in [3.05, 3.63) is 35.4 Å². The molecule has 0 amide bonds. The van der Waals surface area contributed by atoms with E-state index < -0.39 is 0 Å². The van der Waals surface area contributed by atoms with Crippen molar-refractivity contribution in [3.63, 3.8) is 0 Å². The molecule has 0 atom stereocenters. The van der Waals surface area contributed by atoms with Crippen molar-refractivity contribution >= 4 is 22.6 Å². The van der Waals surface area contributed by atoms with Gasteiger partial charge in [0.2, 0.25) is 0 Å². The molecule has 96 valence electrons. The zero-order chi connectivity index (χ0) is 12.8. The summed E-state index contributed by atoms with van der Waals surface area (Å²) >= 11 is 2.09. The van der Waals surface area contributed by atoms with Crippen LogP contribution in [0.25, 0.3) is 0 Å². The second-order valence-corrected chi connectivity index (χ2v) is 5.89. The minimum atomic E-state index is 0.791. The van der Waals surface area contributed by atoms with Crippen LogP contribution < -0.4 is 0 Å². The first-order valence-electron chi connectivity index (χ1n) is 7.05. The molecule has 1 aliphatic rings. The van der Waals surface area contributed by atoms with Gasteiger partial charge in [-0.05, 0) is 59.1 Å². The second kappa shape index (κ2) is 7.19. The molecule has 0 saturated heterocycles. The quantitative estimate of drug-likeness (QED) is 0.497. The summed E-state index contributed by atoms with van der Waals surface area (Å²) in [6, 6.07) is 8.89. The summed E-state index contributed by atoms with van der Waals surface area (Å²) in [5.41, 5.74) is 2.65. The molecule has 1 aromatic rings. The Balaban J connectivity index is 1.94. The maximum absolute atomic E-state index is 3.10. The lowest BCUT2D eigenvalue weighted by Crippen LogP contribution is -2.13. The number of hydrogen-bond donors (Lipinski definition) is 0. The van der Waals surface area contributed by atoms with Gasteiger partial charge >= 0.3 is 0 Å². The fourth-order valence-electron chi connectivity index (χ4n) is 3.09. The molecule has 0 radical (unpaired) electrons. The predicted molar refractivity (Wildman–Crippen MR) is 86.9 cm³/mol. The Bertz CT molecular complexity index is 413. The summed E-state index contributed by atoms with van der Waals surface area (Å²) in [4.78, 5) is 0. The van der Waals surface area contributed by atoms with Gasteiger partial charge in [-0.2, -0.15) is 0 Å². The Labute approximate surface area is 125 Å². The molecule has 1 saturated carbocycles. The summed E-state index contributed by atoms with van der Waals surface area (Å²) in [6.07, 6.45) is 8.38. The molecule has 0 spiro atoms. The summed E-state index contributed by atoms with van der Waals surface area (Å²) < 4.78 is 2.92. The molecule has 0 nitrogen and oxygen atoms in total. The molecule has 1 fully saturated rings. The van der Waals surface area contributed by atoms with E-state index in [1.807, 2.05) is 0 Å². The molecule has 18 heavy (non-hydrogen) atoms. The highest BCUT2D eigenvalue weighted by molar-refractivity contribution is 14.1. The van der Waals surface area contributed by atoms with E-state index in [1.54, 1.807) is 0 Å². The lowest BCUT2D eigenvalue weighted by molar-refractivity contribution is 0.308. The molecule has 0 N–H and O–H groups in total. The first-order chi connectivity index (χ1) is 8.83. The van der Waals surface area contributed by atoms with Crippen LogP contribution in [0, 0.1) is 15.8 Å². The van der Waals surface area contributed by atoms with Crippen molar-refractivity contribution in [2.45, 2.75) is 51.4 Å². The standard InChI is InChI=1S/C17H21I/c1-2-3-14-4-8-16(9-5-14)17-10-6-15(7-11-17)12-13-18/h6-7,10-11,14,16H,2-5,8-9H2,1H3/t14-,16-. The fraction of sp³-hybridized carbons (Fsp3) is 0.529. The van der Waals surface area contributed by atoms with Crippen LogP contribution in [0.3, 0.4) is 0 Å². The van der Waals surface area contributed by atoms with Gasteiger partial charge in [-0.3, -0.25) is 0 Å². The van der Waals surface area contributed by atoms with Crippen molar-refractivity contribution in [3.8, 4) is 9.85 Å². The van der Waals surface area contributed by atoms with E-state index in [4.69, 9.17) is 0 Å². The number of rotatable bonds is 3. The number of benzene rings is 1. The van der Waals surface area contributed by atoms with Crippen LogP contribution in [-0.2, 0) is 0 Å². The summed E-state index contributed by atoms with van der Waals surface area (Å²) in [6.45, 7) is 2.30. The van der Waals surface area contributed by atoms with Gasteiger partial charge in [-0.25, -0.2) is 0 Å². The minimum Gasteiger partial charge on any atom is -0.0654 e. The summed E-state index contributed by atoms with van der Waals surface area (Å²) in [5, 5.41) is 0. The van der Waals surface area contributed by atoms with E-state index in [2.05, 4.69) is 63.6 Å². The molecular weight excluding hydrogens is 331 g/mol. The van der Waals surface area contributed by atoms with Crippen LogP contribution in [0.2, 0.25) is 0 Å². The van der Waals surface area contributed by atoms with Gasteiger partial charge < -0.3 is 0 Å². The molecule has 1 aromatic carbocycles. The van der Waals surface area contributed by atoms with Crippen molar-refractivity contribution in [1.82, 2.24) is 0 Å². The van der Waals surface area contributed by atoms with Crippen molar-refractivity contribution in [2.24, 2.45) is 5.92 Å². The second-order valence-electron chi connectivity index (χ2n) is 5.35. The van der Waals surface area contributed by atoms with Crippen LogP contribution in [0.15, 0.2) is 24.3 Å². The largest absolute Gasteiger partial charge is 0.0654 e. The molecular formula is C17H21I. The Hall–Kier alpha value is -0.490. The third kappa shape index (κ3) is 3.75. The summed E-state index contributed by atoms with van der Waals surface area (Å²) in [5.74, 6) is 4.89. The minimum absolute atomic E-state index is 0.791. The Morgan fingerprint density at radius 2 is 1.78 bits per heavy atom. The topological polar surface area (TPSA) is 0 Å². The van der Waals surface area contributed by atoms with Crippen LogP contribution in [0.1, 0.15) is 62.5 Å². The maximum atomic E-state index is 3.10. The molecule has 0 unspecified atom stereocenters. The lowest BCUT2D eigenvalue weighted by Gasteiger charge is -2.28. The van der Waals surface area contributed by atoms with Crippen LogP contribution in [0.5, 0.6) is 0 Å². The van der Waals surface area contributed by atoms with E-state index in [0.29, 0.717) is 0 Å². The zero-order valence-electron chi connectivity index (χ0n) is 11.1. The van der Waals surface area contributed by atoms with Crippen molar-refractivity contribution in [1.29, 1.82) is 0 Å². The third-order valence-electron chi connectivity index (χ3n) is 4.12.